The van der Waals surface area contributed by atoms with Crippen LogP contribution in [0.2, 0.25) is 0 Å². The van der Waals surface area contributed by atoms with Crippen LogP contribution < -0.4 is 4.74 Å². The molecule has 0 radical (unpaired) electrons. The molecule has 0 spiro atoms. The molecule has 0 amide bonds. The van der Waals surface area contributed by atoms with E-state index in [2.05, 4.69) is 4.98 Å². The quantitative estimate of drug-likeness (QED) is 0.911. The van der Waals surface area contributed by atoms with E-state index in [4.69, 9.17) is 14.6 Å². The number of halogens is 1. The minimum absolute atomic E-state index is 0.0273. The number of carbonyl (C=O) groups is 1. The second kappa shape index (κ2) is 5.52. The average molecular weight is 269 g/mol. The summed E-state index contributed by atoms with van der Waals surface area (Å²) in [6.45, 7) is 3.84. The second-order valence-corrected chi connectivity index (χ2v) is 4.75. The number of pyridine rings is 1. The Morgan fingerprint density at radius 1 is 1.47 bits per heavy atom. The zero-order valence-corrected chi connectivity index (χ0v) is 10.8. The summed E-state index contributed by atoms with van der Waals surface area (Å²) < 4.78 is 24.9. The molecule has 1 aromatic rings. The van der Waals surface area contributed by atoms with Crippen molar-refractivity contribution in [3.8, 4) is 5.88 Å². The summed E-state index contributed by atoms with van der Waals surface area (Å²) >= 11 is 0. The van der Waals surface area contributed by atoms with Gasteiger partial charge in [-0.2, -0.15) is 0 Å². The zero-order chi connectivity index (χ0) is 14.0. The molecule has 0 bridgehead atoms. The molecule has 1 N–H and O–H groups in total. The Morgan fingerprint density at radius 3 is 2.68 bits per heavy atom. The molecule has 1 fully saturated rings. The Morgan fingerprint density at radius 2 is 2.11 bits per heavy atom. The zero-order valence-electron chi connectivity index (χ0n) is 10.8. The highest BCUT2D eigenvalue weighted by Crippen LogP contribution is 2.25. The Labute approximate surface area is 110 Å². The predicted octanol–water partition coefficient (Wildman–Crippen LogP) is 2.25. The van der Waals surface area contributed by atoms with Crippen LogP contribution in [0.15, 0.2) is 12.3 Å². The molecule has 1 aliphatic rings. The van der Waals surface area contributed by atoms with E-state index in [1.54, 1.807) is 0 Å². The number of hydrogen-bond acceptors (Lipinski definition) is 4. The van der Waals surface area contributed by atoms with Crippen molar-refractivity contribution in [3.63, 3.8) is 0 Å². The third kappa shape index (κ3) is 3.20. The monoisotopic (exact) mass is 269 g/mol. The molecule has 1 aromatic heterocycles. The molecular weight excluding hydrogens is 253 g/mol. The van der Waals surface area contributed by atoms with E-state index in [-0.39, 0.29) is 24.2 Å². The van der Waals surface area contributed by atoms with Gasteiger partial charge in [0.25, 0.3) is 5.88 Å². The lowest BCUT2D eigenvalue weighted by molar-refractivity contribution is -0.0737. The van der Waals surface area contributed by atoms with Crippen LogP contribution in [0.4, 0.5) is 4.39 Å². The number of hydrogen-bond donors (Lipinski definition) is 1. The molecule has 0 aliphatic carbocycles. The Balaban J connectivity index is 2.15. The first-order valence-corrected chi connectivity index (χ1v) is 6.17. The van der Waals surface area contributed by atoms with Crippen molar-refractivity contribution in [2.75, 3.05) is 0 Å². The highest BCUT2D eigenvalue weighted by atomic mass is 19.1. The molecule has 104 valence electrons. The molecule has 2 rings (SSSR count). The number of rotatable bonds is 3. The molecule has 19 heavy (non-hydrogen) atoms. The van der Waals surface area contributed by atoms with Crippen LogP contribution in [0, 0.1) is 5.82 Å². The fourth-order valence-electron chi connectivity index (χ4n) is 2.27. The van der Waals surface area contributed by atoms with E-state index in [0.717, 1.165) is 6.07 Å². The summed E-state index contributed by atoms with van der Waals surface area (Å²) in [7, 11) is 0. The van der Waals surface area contributed by atoms with Crippen LogP contribution in [0.25, 0.3) is 0 Å². The summed E-state index contributed by atoms with van der Waals surface area (Å²) in [5.41, 5.74) is -0.432. The van der Waals surface area contributed by atoms with Crippen molar-refractivity contribution in [1.82, 2.24) is 4.98 Å². The van der Waals surface area contributed by atoms with Crippen molar-refractivity contribution < 1.29 is 23.8 Å². The lowest BCUT2D eigenvalue weighted by Crippen LogP contribution is -2.36. The second-order valence-electron chi connectivity index (χ2n) is 4.75. The van der Waals surface area contributed by atoms with Gasteiger partial charge in [0.15, 0.2) is 5.82 Å². The van der Waals surface area contributed by atoms with Gasteiger partial charge in [0, 0.05) is 19.0 Å². The smallest absolute Gasteiger partial charge is 0.338 e. The lowest BCUT2D eigenvalue weighted by atomic mass is 10.0. The normalized spacial score (nSPS) is 27.0. The minimum Gasteiger partial charge on any atom is -0.478 e. The predicted molar refractivity (Wildman–Crippen MR) is 64.8 cm³/mol. The van der Waals surface area contributed by atoms with Crippen LogP contribution in [0.3, 0.4) is 0 Å². The van der Waals surface area contributed by atoms with Crippen LogP contribution in [0.1, 0.15) is 37.0 Å². The summed E-state index contributed by atoms with van der Waals surface area (Å²) in [6.07, 6.45) is 2.32. The SMILES string of the molecule is CC1CC(Oc2nccc(C(=O)O)c2F)CC(C)O1. The molecule has 2 atom stereocenters. The van der Waals surface area contributed by atoms with Gasteiger partial charge >= 0.3 is 5.97 Å². The lowest BCUT2D eigenvalue weighted by Gasteiger charge is -2.31. The van der Waals surface area contributed by atoms with Gasteiger partial charge < -0.3 is 14.6 Å². The van der Waals surface area contributed by atoms with Crippen molar-refractivity contribution in [2.45, 2.75) is 45.0 Å². The van der Waals surface area contributed by atoms with Crippen molar-refractivity contribution in [2.24, 2.45) is 0 Å². The Bertz CT molecular complexity index is 470. The van der Waals surface area contributed by atoms with Crippen LogP contribution in [0.5, 0.6) is 5.88 Å². The molecule has 1 saturated heterocycles. The van der Waals surface area contributed by atoms with Gasteiger partial charge in [-0.15, -0.1) is 0 Å². The van der Waals surface area contributed by atoms with Gasteiger partial charge in [-0.1, -0.05) is 0 Å². The molecule has 1 aliphatic heterocycles. The standard InChI is InChI=1S/C13H16FNO4/c1-7-5-9(6-8(2)18-7)19-12-11(14)10(13(16)17)3-4-15-12/h3-4,7-9H,5-6H2,1-2H3,(H,16,17). The molecular formula is C13H16FNO4. The van der Waals surface area contributed by atoms with E-state index in [1.165, 1.54) is 6.20 Å². The largest absolute Gasteiger partial charge is 0.478 e. The number of ether oxygens (including phenoxy) is 2. The number of carboxylic acid groups (broad SMARTS) is 1. The first-order valence-electron chi connectivity index (χ1n) is 6.17. The first kappa shape index (κ1) is 13.7. The topological polar surface area (TPSA) is 68.7 Å². The maximum atomic E-state index is 13.9. The van der Waals surface area contributed by atoms with E-state index in [9.17, 15) is 9.18 Å². The highest BCUT2D eigenvalue weighted by Gasteiger charge is 2.27. The molecule has 0 saturated carbocycles. The van der Waals surface area contributed by atoms with Crippen molar-refractivity contribution in [3.05, 3.63) is 23.6 Å². The molecule has 2 heterocycles. The van der Waals surface area contributed by atoms with Gasteiger partial charge in [-0.05, 0) is 19.9 Å². The molecule has 0 aromatic carbocycles. The minimum atomic E-state index is -1.33. The van der Waals surface area contributed by atoms with Gasteiger partial charge in [0.2, 0.25) is 0 Å². The van der Waals surface area contributed by atoms with Crippen LogP contribution >= 0.6 is 0 Å². The van der Waals surface area contributed by atoms with E-state index < -0.39 is 17.3 Å². The number of aromatic nitrogens is 1. The maximum absolute atomic E-state index is 13.9. The Kier molecular flexibility index (Phi) is 3.99. The van der Waals surface area contributed by atoms with E-state index in [0.29, 0.717) is 12.8 Å². The van der Waals surface area contributed by atoms with E-state index in [1.807, 2.05) is 13.8 Å². The third-order valence-corrected chi connectivity index (χ3v) is 3.02. The highest BCUT2D eigenvalue weighted by molar-refractivity contribution is 5.88. The number of aromatic carboxylic acids is 1. The van der Waals surface area contributed by atoms with Crippen LogP contribution in [-0.4, -0.2) is 34.4 Å². The first-order chi connectivity index (χ1) is 8.97. The van der Waals surface area contributed by atoms with Gasteiger partial charge in [0.1, 0.15) is 11.7 Å². The fraction of sp³-hybridized carbons (Fsp3) is 0.538. The summed E-state index contributed by atoms with van der Waals surface area (Å²) in [6, 6.07) is 1.11. The molecule has 5 nitrogen and oxygen atoms in total. The van der Waals surface area contributed by atoms with Crippen molar-refractivity contribution in [1.29, 1.82) is 0 Å². The summed E-state index contributed by atoms with van der Waals surface area (Å²) in [5.74, 6) is -2.52. The Hall–Kier alpha value is -1.69. The van der Waals surface area contributed by atoms with Crippen molar-refractivity contribution >= 4 is 5.97 Å². The van der Waals surface area contributed by atoms with Crippen LogP contribution in [-0.2, 0) is 4.74 Å². The molecule has 2 unspecified atom stereocenters. The third-order valence-electron chi connectivity index (χ3n) is 3.02. The number of nitrogens with zero attached hydrogens (tertiary/aromatic N) is 1. The average Bonchev–Trinajstić information content (AvgIpc) is 2.30. The van der Waals surface area contributed by atoms with Gasteiger partial charge in [0.05, 0.1) is 12.2 Å². The van der Waals surface area contributed by atoms with Gasteiger partial charge in [-0.25, -0.2) is 14.2 Å². The van der Waals surface area contributed by atoms with Gasteiger partial charge in [-0.3, -0.25) is 0 Å². The number of carboxylic acids is 1. The fourth-order valence-corrected chi connectivity index (χ4v) is 2.27. The summed E-state index contributed by atoms with van der Waals surface area (Å²) in [4.78, 5) is 14.6. The van der Waals surface area contributed by atoms with E-state index >= 15 is 0 Å². The summed E-state index contributed by atoms with van der Waals surface area (Å²) in [5, 5.41) is 8.84. The maximum Gasteiger partial charge on any atom is 0.338 e. The molecule has 6 heteroatoms.